The van der Waals surface area contributed by atoms with E-state index >= 15 is 0 Å². The zero-order chi connectivity index (χ0) is 18.4. The van der Waals surface area contributed by atoms with Crippen LogP contribution in [0.4, 0.5) is 11.4 Å². The molecule has 0 atom stereocenters. The smallest absolute Gasteiger partial charge is 0.257 e. The van der Waals surface area contributed by atoms with Gasteiger partial charge < -0.3 is 10.2 Å². The molecule has 0 spiro atoms. The standard InChI is InChI=1S/C20H25N3OS/c1-5-23(6-2)17-10-8-16(9-11-17)21-20(25)22-19(24)18-12-7-14(3)13-15(18)4/h7-13H,5-6H2,1-4H3,(H2,21,22,24,25). The Morgan fingerprint density at radius 3 is 2.24 bits per heavy atom. The fraction of sp³-hybridized carbons (Fsp3) is 0.300. The number of rotatable bonds is 5. The Bertz CT molecular complexity index is 752. The molecule has 25 heavy (non-hydrogen) atoms. The maximum Gasteiger partial charge on any atom is 0.257 e. The van der Waals surface area contributed by atoms with Gasteiger partial charge in [0.1, 0.15) is 0 Å². The van der Waals surface area contributed by atoms with Crippen molar-refractivity contribution in [1.29, 1.82) is 0 Å². The van der Waals surface area contributed by atoms with Crippen molar-refractivity contribution in [2.45, 2.75) is 27.7 Å². The van der Waals surface area contributed by atoms with Gasteiger partial charge in [-0.3, -0.25) is 10.1 Å². The molecule has 0 saturated heterocycles. The number of hydrogen-bond donors (Lipinski definition) is 2. The highest BCUT2D eigenvalue weighted by Gasteiger charge is 2.11. The number of carbonyl (C=O) groups excluding carboxylic acids is 1. The molecule has 0 heterocycles. The molecule has 0 unspecified atom stereocenters. The Morgan fingerprint density at radius 2 is 1.68 bits per heavy atom. The van der Waals surface area contributed by atoms with Gasteiger partial charge in [-0.2, -0.15) is 0 Å². The summed E-state index contributed by atoms with van der Waals surface area (Å²) in [5.74, 6) is -0.199. The van der Waals surface area contributed by atoms with Crippen LogP contribution in [-0.2, 0) is 0 Å². The summed E-state index contributed by atoms with van der Waals surface area (Å²) in [5.41, 5.74) is 4.71. The van der Waals surface area contributed by atoms with Crippen LogP contribution in [0.1, 0.15) is 35.3 Å². The molecule has 0 aromatic heterocycles. The van der Waals surface area contributed by atoms with Gasteiger partial charge in [0.15, 0.2) is 5.11 Å². The molecule has 0 aliphatic heterocycles. The molecule has 2 N–H and O–H groups in total. The zero-order valence-electron chi connectivity index (χ0n) is 15.2. The minimum atomic E-state index is -0.199. The lowest BCUT2D eigenvalue weighted by Crippen LogP contribution is -2.34. The van der Waals surface area contributed by atoms with E-state index in [0.717, 1.165) is 29.9 Å². The van der Waals surface area contributed by atoms with Crippen LogP contribution in [0.25, 0.3) is 0 Å². The number of benzene rings is 2. The van der Waals surface area contributed by atoms with Gasteiger partial charge in [0.05, 0.1) is 0 Å². The van der Waals surface area contributed by atoms with Crippen LogP contribution >= 0.6 is 12.2 Å². The van der Waals surface area contributed by atoms with Gasteiger partial charge in [0.2, 0.25) is 0 Å². The van der Waals surface area contributed by atoms with Crippen LogP contribution in [0.5, 0.6) is 0 Å². The third kappa shape index (κ3) is 5.03. The highest BCUT2D eigenvalue weighted by Crippen LogP contribution is 2.17. The minimum Gasteiger partial charge on any atom is -0.372 e. The maximum atomic E-state index is 12.4. The molecule has 0 fully saturated rings. The Morgan fingerprint density at radius 1 is 1.04 bits per heavy atom. The van der Waals surface area contributed by atoms with Crippen molar-refractivity contribution in [3.63, 3.8) is 0 Å². The summed E-state index contributed by atoms with van der Waals surface area (Å²) in [4.78, 5) is 14.6. The van der Waals surface area contributed by atoms with Crippen LogP contribution in [0.3, 0.4) is 0 Å². The highest BCUT2D eigenvalue weighted by atomic mass is 32.1. The first-order chi connectivity index (χ1) is 11.9. The first-order valence-corrected chi connectivity index (χ1v) is 8.90. The molecule has 132 valence electrons. The first-order valence-electron chi connectivity index (χ1n) is 8.49. The lowest BCUT2D eigenvalue weighted by atomic mass is 10.1. The first kappa shape index (κ1) is 18.9. The van der Waals surface area contributed by atoms with Crippen molar-refractivity contribution in [2.24, 2.45) is 0 Å². The van der Waals surface area contributed by atoms with Gasteiger partial charge in [0.25, 0.3) is 5.91 Å². The van der Waals surface area contributed by atoms with Crippen LogP contribution < -0.4 is 15.5 Å². The van der Waals surface area contributed by atoms with E-state index < -0.39 is 0 Å². The van der Waals surface area contributed by atoms with Crippen LogP contribution in [0.15, 0.2) is 42.5 Å². The van der Waals surface area contributed by atoms with E-state index in [4.69, 9.17) is 12.2 Å². The van der Waals surface area contributed by atoms with Gasteiger partial charge in [-0.25, -0.2) is 0 Å². The van der Waals surface area contributed by atoms with Crippen LogP contribution in [0.2, 0.25) is 0 Å². The highest BCUT2D eigenvalue weighted by molar-refractivity contribution is 7.80. The van der Waals surface area contributed by atoms with Gasteiger partial charge in [0, 0.05) is 30.0 Å². The second-order valence-corrected chi connectivity index (χ2v) is 6.35. The van der Waals surface area contributed by atoms with E-state index in [9.17, 15) is 4.79 Å². The van der Waals surface area contributed by atoms with Crippen LogP contribution in [-0.4, -0.2) is 24.1 Å². The lowest BCUT2D eigenvalue weighted by Gasteiger charge is -2.21. The van der Waals surface area contributed by atoms with Crippen molar-refractivity contribution < 1.29 is 4.79 Å². The molecule has 2 aromatic rings. The fourth-order valence-corrected chi connectivity index (χ4v) is 2.96. The largest absolute Gasteiger partial charge is 0.372 e. The van der Waals surface area contributed by atoms with E-state index in [0.29, 0.717) is 10.7 Å². The number of thiocarbonyl (C=S) groups is 1. The monoisotopic (exact) mass is 355 g/mol. The van der Waals surface area contributed by atoms with E-state index in [1.807, 2.05) is 56.3 Å². The Hall–Kier alpha value is -2.40. The Labute approximate surface area is 155 Å². The van der Waals surface area contributed by atoms with Crippen LogP contribution in [0, 0.1) is 13.8 Å². The summed E-state index contributed by atoms with van der Waals surface area (Å²) in [5, 5.41) is 6.08. The topological polar surface area (TPSA) is 44.4 Å². The number of aryl methyl sites for hydroxylation is 2. The third-order valence-corrected chi connectivity index (χ3v) is 4.31. The minimum absolute atomic E-state index is 0.199. The van der Waals surface area contributed by atoms with E-state index in [1.54, 1.807) is 0 Å². The summed E-state index contributed by atoms with van der Waals surface area (Å²) in [6, 6.07) is 13.7. The molecule has 0 aliphatic carbocycles. The molecule has 5 heteroatoms. The second-order valence-electron chi connectivity index (χ2n) is 5.95. The number of anilines is 2. The second kappa shape index (κ2) is 8.62. The average Bonchev–Trinajstić information content (AvgIpc) is 2.57. The molecule has 4 nitrogen and oxygen atoms in total. The maximum absolute atomic E-state index is 12.4. The SMILES string of the molecule is CCN(CC)c1ccc(NC(=S)NC(=O)c2ccc(C)cc2C)cc1. The molecular weight excluding hydrogens is 330 g/mol. The van der Waals surface area contributed by atoms with E-state index in [-0.39, 0.29) is 5.91 Å². The molecule has 1 amide bonds. The van der Waals surface area contributed by atoms with E-state index in [2.05, 4.69) is 29.4 Å². The summed E-state index contributed by atoms with van der Waals surface area (Å²) >= 11 is 5.26. The molecule has 0 saturated carbocycles. The quantitative estimate of drug-likeness (QED) is 0.786. The predicted molar refractivity (Wildman–Crippen MR) is 110 cm³/mol. The summed E-state index contributed by atoms with van der Waals surface area (Å²) in [6.07, 6.45) is 0. The average molecular weight is 356 g/mol. The molecule has 2 rings (SSSR count). The predicted octanol–water partition coefficient (Wildman–Crippen LogP) is 4.28. The van der Waals surface area contributed by atoms with Gasteiger partial charge in [-0.15, -0.1) is 0 Å². The molecule has 0 radical (unpaired) electrons. The molecule has 2 aromatic carbocycles. The summed E-state index contributed by atoms with van der Waals surface area (Å²) in [7, 11) is 0. The van der Waals surface area contributed by atoms with Gasteiger partial charge >= 0.3 is 0 Å². The van der Waals surface area contributed by atoms with Crippen molar-refractivity contribution >= 4 is 34.6 Å². The molecule has 0 aliphatic rings. The summed E-state index contributed by atoms with van der Waals surface area (Å²) in [6.45, 7) is 10.1. The number of nitrogens with zero attached hydrogens (tertiary/aromatic N) is 1. The Balaban J connectivity index is 1.99. The van der Waals surface area contributed by atoms with Crippen molar-refractivity contribution in [2.75, 3.05) is 23.3 Å². The zero-order valence-corrected chi connectivity index (χ0v) is 16.0. The lowest BCUT2D eigenvalue weighted by molar-refractivity contribution is 0.0977. The fourth-order valence-electron chi connectivity index (χ4n) is 2.75. The number of nitrogens with one attached hydrogen (secondary N) is 2. The molecular formula is C20H25N3OS. The molecule has 0 bridgehead atoms. The van der Waals surface area contributed by atoms with Crippen molar-refractivity contribution in [1.82, 2.24) is 5.32 Å². The van der Waals surface area contributed by atoms with Crippen molar-refractivity contribution in [3.8, 4) is 0 Å². The normalized spacial score (nSPS) is 10.2. The number of carbonyl (C=O) groups is 1. The van der Waals surface area contributed by atoms with Gasteiger partial charge in [-0.1, -0.05) is 17.7 Å². The number of amides is 1. The van der Waals surface area contributed by atoms with Crippen molar-refractivity contribution in [3.05, 3.63) is 59.2 Å². The Kier molecular flexibility index (Phi) is 6.53. The summed E-state index contributed by atoms with van der Waals surface area (Å²) < 4.78 is 0. The third-order valence-electron chi connectivity index (χ3n) is 4.11. The van der Waals surface area contributed by atoms with E-state index in [1.165, 1.54) is 5.69 Å². The van der Waals surface area contributed by atoms with Gasteiger partial charge in [-0.05, 0) is 75.8 Å². The number of hydrogen-bond acceptors (Lipinski definition) is 3.